The van der Waals surface area contributed by atoms with Gasteiger partial charge in [0.25, 0.3) is 5.91 Å². The maximum atomic E-state index is 12.7. The average Bonchev–Trinajstić information content (AvgIpc) is 3.36. The second-order valence-corrected chi connectivity index (χ2v) is 7.34. The topological polar surface area (TPSA) is 77.6 Å². The smallest absolute Gasteiger partial charge is 0.262 e. The van der Waals surface area contributed by atoms with E-state index in [-0.39, 0.29) is 5.91 Å². The number of nitrogens with zero attached hydrogens (tertiary/aromatic N) is 5. The molecule has 0 unspecified atom stereocenters. The number of carbonyl (C=O) groups excluding carboxylic acids is 1. The molecule has 3 aromatic rings. The van der Waals surface area contributed by atoms with Crippen molar-refractivity contribution < 1.29 is 4.79 Å². The van der Waals surface area contributed by atoms with Crippen LogP contribution in [0.1, 0.15) is 53.4 Å². The lowest BCUT2D eigenvalue weighted by atomic mass is 9.90. The van der Waals surface area contributed by atoms with Crippen LogP contribution < -0.4 is 5.32 Å². The standard InChI is InChI=1S/C17H20N6OS/c1-22-16(23-9-5-6-10-23)13(11-18-22)14(24)19-17-21-20-15(25-17)12-7-3-2-4-8-12/h5-6,9-12H,2-4,7-8H2,1H3,(H,19,21,24). The largest absolute Gasteiger partial charge is 0.308 e. The fourth-order valence-corrected chi connectivity index (χ4v) is 4.24. The van der Waals surface area contributed by atoms with Gasteiger partial charge < -0.3 is 4.57 Å². The molecule has 1 amide bonds. The highest BCUT2D eigenvalue weighted by Gasteiger charge is 2.22. The lowest BCUT2D eigenvalue weighted by Gasteiger charge is -2.18. The first-order valence-electron chi connectivity index (χ1n) is 8.52. The van der Waals surface area contributed by atoms with Gasteiger partial charge in [-0.2, -0.15) is 5.10 Å². The Hall–Kier alpha value is -2.48. The van der Waals surface area contributed by atoms with Gasteiger partial charge in [-0.1, -0.05) is 30.6 Å². The van der Waals surface area contributed by atoms with Gasteiger partial charge in [0.15, 0.2) is 0 Å². The SMILES string of the molecule is Cn1ncc(C(=O)Nc2nnc(C3CCCCC3)s2)c1-n1cccc1. The molecule has 0 aliphatic heterocycles. The minimum Gasteiger partial charge on any atom is -0.308 e. The summed E-state index contributed by atoms with van der Waals surface area (Å²) in [5, 5.41) is 17.1. The van der Waals surface area contributed by atoms with Gasteiger partial charge in [-0.25, -0.2) is 0 Å². The molecule has 0 saturated heterocycles. The third kappa shape index (κ3) is 3.21. The Labute approximate surface area is 149 Å². The van der Waals surface area contributed by atoms with Gasteiger partial charge in [0, 0.05) is 25.4 Å². The van der Waals surface area contributed by atoms with Crippen molar-refractivity contribution >= 4 is 22.4 Å². The van der Waals surface area contributed by atoms with Crippen LogP contribution in [0.3, 0.4) is 0 Å². The fourth-order valence-electron chi connectivity index (χ4n) is 3.34. The second-order valence-electron chi connectivity index (χ2n) is 6.33. The van der Waals surface area contributed by atoms with E-state index in [2.05, 4.69) is 20.6 Å². The van der Waals surface area contributed by atoms with Gasteiger partial charge in [-0.05, 0) is 25.0 Å². The van der Waals surface area contributed by atoms with Gasteiger partial charge >= 0.3 is 0 Å². The molecule has 1 aliphatic rings. The monoisotopic (exact) mass is 356 g/mol. The zero-order valence-corrected chi connectivity index (χ0v) is 14.9. The van der Waals surface area contributed by atoms with Crippen LogP contribution in [0.15, 0.2) is 30.7 Å². The molecule has 7 nitrogen and oxygen atoms in total. The van der Waals surface area contributed by atoms with Gasteiger partial charge in [-0.15, -0.1) is 10.2 Å². The molecule has 25 heavy (non-hydrogen) atoms. The normalized spacial score (nSPS) is 15.4. The van der Waals surface area contributed by atoms with Crippen LogP contribution in [-0.2, 0) is 7.05 Å². The molecule has 0 spiro atoms. The zero-order chi connectivity index (χ0) is 17.2. The van der Waals surface area contributed by atoms with E-state index in [1.54, 1.807) is 10.9 Å². The van der Waals surface area contributed by atoms with Crippen LogP contribution in [0.4, 0.5) is 5.13 Å². The number of anilines is 1. The minimum atomic E-state index is -0.219. The summed E-state index contributed by atoms with van der Waals surface area (Å²) < 4.78 is 3.55. The molecule has 1 N–H and O–H groups in total. The van der Waals surface area contributed by atoms with Crippen LogP contribution in [-0.4, -0.2) is 30.5 Å². The summed E-state index contributed by atoms with van der Waals surface area (Å²) in [6.45, 7) is 0. The Bertz CT molecular complexity index is 860. The molecule has 1 aliphatic carbocycles. The average molecular weight is 356 g/mol. The van der Waals surface area contributed by atoms with Gasteiger partial charge in [0.1, 0.15) is 16.4 Å². The maximum Gasteiger partial charge on any atom is 0.262 e. The van der Waals surface area contributed by atoms with Crippen LogP contribution in [0.2, 0.25) is 0 Å². The van der Waals surface area contributed by atoms with Crippen molar-refractivity contribution in [2.75, 3.05) is 5.32 Å². The number of rotatable bonds is 4. The Morgan fingerprint density at radius 3 is 2.72 bits per heavy atom. The number of aryl methyl sites for hydroxylation is 1. The fraction of sp³-hybridized carbons (Fsp3) is 0.412. The van der Waals surface area contributed by atoms with Crippen LogP contribution in [0.25, 0.3) is 5.82 Å². The molecule has 1 saturated carbocycles. The molecule has 3 aromatic heterocycles. The highest BCUT2D eigenvalue weighted by Crippen LogP contribution is 2.35. The first-order valence-corrected chi connectivity index (χ1v) is 9.34. The summed E-state index contributed by atoms with van der Waals surface area (Å²) >= 11 is 1.48. The molecular formula is C17H20N6OS. The number of nitrogens with one attached hydrogen (secondary N) is 1. The van der Waals surface area contributed by atoms with Gasteiger partial charge in [0.05, 0.1) is 6.20 Å². The molecule has 130 valence electrons. The van der Waals surface area contributed by atoms with E-state index in [9.17, 15) is 4.79 Å². The molecule has 3 heterocycles. The summed E-state index contributed by atoms with van der Waals surface area (Å²) in [6.07, 6.45) is 11.5. The van der Waals surface area contributed by atoms with Crippen molar-refractivity contribution in [3.05, 3.63) is 41.3 Å². The molecular weight excluding hydrogens is 336 g/mol. The molecule has 0 radical (unpaired) electrons. The van der Waals surface area contributed by atoms with Crippen LogP contribution >= 0.6 is 11.3 Å². The quantitative estimate of drug-likeness (QED) is 0.777. The molecule has 8 heteroatoms. The summed E-state index contributed by atoms with van der Waals surface area (Å²) in [4.78, 5) is 12.7. The lowest BCUT2D eigenvalue weighted by Crippen LogP contribution is -2.14. The van der Waals surface area contributed by atoms with Crippen LogP contribution in [0, 0.1) is 0 Å². The molecule has 0 aromatic carbocycles. The Balaban J connectivity index is 1.52. The summed E-state index contributed by atoms with van der Waals surface area (Å²) in [5.74, 6) is 0.994. The molecule has 0 atom stereocenters. The third-order valence-electron chi connectivity index (χ3n) is 4.62. The summed E-state index contributed by atoms with van der Waals surface area (Å²) in [6, 6.07) is 3.83. The number of hydrogen-bond acceptors (Lipinski definition) is 5. The van der Waals surface area contributed by atoms with Gasteiger partial charge in [-0.3, -0.25) is 14.8 Å². The van der Waals surface area contributed by atoms with Crippen molar-refractivity contribution in [1.29, 1.82) is 0 Å². The summed E-state index contributed by atoms with van der Waals surface area (Å²) in [5.41, 5.74) is 0.508. The number of hydrogen-bond donors (Lipinski definition) is 1. The number of aromatic nitrogens is 5. The Morgan fingerprint density at radius 1 is 1.20 bits per heavy atom. The second kappa shape index (κ2) is 6.79. The van der Waals surface area contributed by atoms with Crippen molar-refractivity contribution in [3.63, 3.8) is 0 Å². The Morgan fingerprint density at radius 2 is 1.96 bits per heavy atom. The van der Waals surface area contributed by atoms with E-state index in [1.807, 2.05) is 36.1 Å². The predicted molar refractivity (Wildman–Crippen MR) is 96.2 cm³/mol. The third-order valence-corrected chi connectivity index (χ3v) is 5.62. The predicted octanol–water partition coefficient (Wildman–Crippen LogP) is 3.36. The van der Waals surface area contributed by atoms with Crippen molar-refractivity contribution in [2.24, 2.45) is 7.05 Å². The molecule has 0 bridgehead atoms. The summed E-state index contributed by atoms with van der Waals surface area (Å²) in [7, 11) is 1.82. The first-order chi connectivity index (χ1) is 12.2. The number of amides is 1. The molecule has 1 fully saturated rings. The highest BCUT2D eigenvalue weighted by atomic mass is 32.1. The zero-order valence-electron chi connectivity index (χ0n) is 14.1. The van der Waals surface area contributed by atoms with E-state index >= 15 is 0 Å². The van der Waals surface area contributed by atoms with Gasteiger partial charge in [0.2, 0.25) is 5.13 Å². The van der Waals surface area contributed by atoms with E-state index in [1.165, 1.54) is 43.4 Å². The van der Waals surface area contributed by atoms with E-state index < -0.39 is 0 Å². The first kappa shape index (κ1) is 16.0. The molecule has 4 rings (SSSR count). The van der Waals surface area contributed by atoms with Crippen molar-refractivity contribution in [2.45, 2.75) is 38.0 Å². The maximum absolute atomic E-state index is 12.7. The van der Waals surface area contributed by atoms with E-state index in [0.29, 0.717) is 16.6 Å². The van der Waals surface area contributed by atoms with E-state index in [0.717, 1.165) is 10.8 Å². The lowest BCUT2D eigenvalue weighted by molar-refractivity contribution is 0.102. The minimum absolute atomic E-state index is 0.219. The Kier molecular flexibility index (Phi) is 4.35. The number of carbonyl (C=O) groups is 1. The van der Waals surface area contributed by atoms with E-state index in [4.69, 9.17) is 0 Å². The van der Waals surface area contributed by atoms with Crippen molar-refractivity contribution in [1.82, 2.24) is 24.5 Å². The van der Waals surface area contributed by atoms with Crippen molar-refractivity contribution in [3.8, 4) is 5.82 Å². The highest BCUT2D eigenvalue weighted by molar-refractivity contribution is 7.15. The van der Waals surface area contributed by atoms with Crippen LogP contribution in [0.5, 0.6) is 0 Å².